The van der Waals surface area contributed by atoms with Crippen molar-refractivity contribution in [2.75, 3.05) is 13.7 Å². The lowest BCUT2D eigenvalue weighted by molar-refractivity contribution is -0.141. The van der Waals surface area contributed by atoms with E-state index in [0.29, 0.717) is 17.1 Å². The van der Waals surface area contributed by atoms with Crippen molar-refractivity contribution in [1.82, 2.24) is 19.9 Å². The number of carbonyl (C=O) groups excluding carboxylic acids is 2. The van der Waals surface area contributed by atoms with Crippen LogP contribution in [0.25, 0.3) is 0 Å². The summed E-state index contributed by atoms with van der Waals surface area (Å²) in [5.41, 5.74) is 1.33. The van der Waals surface area contributed by atoms with Crippen molar-refractivity contribution in [3.05, 3.63) is 114 Å². The van der Waals surface area contributed by atoms with Crippen molar-refractivity contribution in [3.63, 3.8) is 0 Å². The van der Waals surface area contributed by atoms with E-state index in [2.05, 4.69) is 15.0 Å². The van der Waals surface area contributed by atoms with Gasteiger partial charge in [-0.2, -0.15) is 0 Å². The average Bonchev–Trinajstić information content (AvgIpc) is 3.49. The zero-order valence-corrected chi connectivity index (χ0v) is 22.0. The maximum atomic E-state index is 13.6. The molecule has 0 spiro atoms. The molecule has 1 atom stereocenters. The highest BCUT2D eigenvalue weighted by molar-refractivity contribution is 7.89. The van der Waals surface area contributed by atoms with Crippen LogP contribution in [0, 0.1) is 0 Å². The van der Waals surface area contributed by atoms with E-state index in [1.165, 1.54) is 35.7 Å². The van der Waals surface area contributed by atoms with E-state index in [9.17, 15) is 18.0 Å². The largest absolute Gasteiger partial charge is 0.497 e. The van der Waals surface area contributed by atoms with Crippen LogP contribution < -0.4 is 14.8 Å². The fourth-order valence-corrected chi connectivity index (χ4v) is 4.88. The standard InChI is InChI=1S/C28H28N4O6S/c1-37-23-11-9-21(10-12-23)18-30-28(34)27(22-13-15-29-16-14-22)32(20-24-6-5-17-38-24)26(33)19-31-39(35,36)25-7-3-2-4-8-25/h2-17,27,31H,18-20H2,1H3,(H,30,34). The summed E-state index contributed by atoms with van der Waals surface area (Å²) in [5.74, 6) is 0.0411. The smallest absolute Gasteiger partial charge is 0.247 e. The quantitative estimate of drug-likeness (QED) is 0.278. The number of methoxy groups -OCH3 is 1. The summed E-state index contributed by atoms with van der Waals surface area (Å²) in [6.07, 6.45) is 4.50. The van der Waals surface area contributed by atoms with Gasteiger partial charge in [0.25, 0.3) is 0 Å². The van der Waals surface area contributed by atoms with Crippen molar-refractivity contribution in [3.8, 4) is 5.75 Å². The van der Waals surface area contributed by atoms with Crippen LogP contribution in [0.4, 0.5) is 0 Å². The molecule has 1 unspecified atom stereocenters. The van der Waals surface area contributed by atoms with Crippen LogP contribution in [-0.4, -0.2) is 43.8 Å². The molecule has 10 nitrogen and oxygen atoms in total. The molecule has 39 heavy (non-hydrogen) atoms. The van der Waals surface area contributed by atoms with Gasteiger partial charge in [0.05, 0.1) is 31.4 Å². The predicted octanol–water partition coefficient (Wildman–Crippen LogP) is 3.05. The first kappa shape index (κ1) is 27.6. The summed E-state index contributed by atoms with van der Waals surface area (Å²) in [4.78, 5) is 32.5. The Bertz CT molecular complexity index is 1460. The molecule has 0 radical (unpaired) electrons. The Kier molecular flexibility index (Phi) is 9.08. The highest BCUT2D eigenvalue weighted by Crippen LogP contribution is 2.24. The molecule has 4 aromatic rings. The number of hydrogen-bond donors (Lipinski definition) is 2. The molecule has 11 heteroatoms. The molecule has 2 amide bonds. The van der Waals surface area contributed by atoms with Gasteiger partial charge in [0.1, 0.15) is 17.6 Å². The minimum absolute atomic E-state index is 0.0262. The van der Waals surface area contributed by atoms with Gasteiger partial charge in [-0.25, -0.2) is 13.1 Å². The number of hydrogen-bond acceptors (Lipinski definition) is 7. The summed E-state index contributed by atoms with van der Waals surface area (Å²) >= 11 is 0. The minimum atomic E-state index is -3.96. The third-order valence-corrected chi connectivity index (χ3v) is 7.32. The number of nitrogens with one attached hydrogen (secondary N) is 2. The summed E-state index contributed by atoms with van der Waals surface area (Å²) in [5, 5.41) is 2.88. The number of ether oxygens (including phenoxy) is 1. The van der Waals surface area contributed by atoms with Gasteiger partial charge in [-0.3, -0.25) is 14.6 Å². The van der Waals surface area contributed by atoms with E-state index in [4.69, 9.17) is 9.15 Å². The van der Waals surface area contributed by atoms with Crippen molar-refractivity contribution in [2.45, 2.75) is 24.0 Å². The number of pyridine rings is 1. The Hall–Kier alpha value is -4.48. The molecule has 4 rings (SSSR count). The predicted molar refractivity (Wildman–Crippen MR) is 143 cm³/mol. The van der Waals surface area contributed by atoms with Crippen LogP contribution in [0.2, 0.25) is 0 Å². The topological polar surface area (TPSA) is 131 Å². The summed E-state index contributed by atoms with van der Waals surface area (Å²) in [6.45, 7) is -0.430. The van der Waals surface area contributed by atoms with E-state index < -0.39 is 34.4 Å². The maximum absolute atomic E-state index is 13.6. The number of amides is 2. The molecule has 0 aliphatic heterocycles. The Morgan fingerprint density at radius 2 is 1.69 bits per heavy atom. The second-order valence-corrected chi connectivity index (χ2v) is 10.3. The van der Waals surface area contributed by atoms with Gasteiger partial charge in [-0.1, -0.05) is 30.3 Å². The molecular weight excluding hydrogens is 520 g/mol. The first-order valence-electron chi connectivity index (χ1n) is 12.0. The third kappa shape index (κ3) is 7.30. The van der Waals surface area contributed by atoms with Crippen LogP contribution >= 0.6 is 0 Å². The highest BCUT2D eigenvalue weighted by atomic mass is 32.2. The second kappa shape index (κ2) is 12.9. The van der Waals surface area contributed by atoms with Gasteiger partial charge < -0.3 is 19.4 Å². The first-order valence-corrected chi connectivity index (χ1v) is 13.5. The number of rotatable bonds is 12. The Morgan fingerprint density at radius 3 is 2.33 bits per heavy atom. The molecule has 2 aromatic carbocycles. The lowest BCUT2D eigenvalue weighted by Crippen LogP contribution is -2.46. The lowest BCUT2D eigenvalue weighted by Gasteiger charge is -2.31. The van der Waals surface area contributed by atoms with E-state index in [1.54, 1.807) is 61.7 Å². The SMILES string of the molecule is COc1ccc(CNC(=O)C(c2ccncc2)N(Cc2ccco2)C(=O)CNS(=O)(=O)c2ccccc2)cc1. The van der Waals surface area contributed by atoms with Gasteiger partial charge in [0.2, 0.25) is 21.8 Å². The fraction of sp³-hybridized carbons (Fsp3) is 0.179. The van der Waals surface area contributed by atoms with Gasteiger partial charge in [-0.15, -0.1) is 0 Å². The number of nitrogens with zero attached hydrogens (tertiary/aromatic N) is 2. The molecule has 2 heterocycles. The summed E-state index contributed by atoms with van der Waals surface area (Å²) in [6, 6.07) is 20.5. The molecule has 0 saturated carbocycles. The van der Waals surface area contributed by atoms with Crippen molar-refractivity contribution < 1.29 is 27.2 Å². The molecule has 2 N–H and O–H groups in total. The molecule has 0 aliphatic rings. The van der Waals surface area contributed by atoms with Crippen LogP contribution in [-0.2, 0) is 32.7 Å². The molecule has 202 valence electrons. The summed E-state index contributed by atoms with van der Waals surface area (Å²) in [7, 11) is -2.39. The van der Waals surface area contributed by atoms with Crippen LogP contribution in [0.5, 0.6) is 5.75 Å². The molecule has 0 saturated heterocycles. The van der Waals surface area contributed by atoms with Crippen molar-refractivity contribution in [1.29, 1.82) is 0 Å². The van der Waals surface area contributed by atoms with E-state index in [1.807, 2.05) is 12.1 Å². The van der Waals surface area contributed by atoms with Gasteiger partial charge in [0.15, 0.2) is 0 Å². The molecule has 0 aliphatic carbocycles. The Labute approximate surface area is 226 Å². The Morgan fingerprint density at radius 1 is 0.974 bits per heavy atom. The van der Waals surface area contributed by atoms with E-state index in [-0.39, 0.29) is 18.0 Å². The molecule has 2 aromatic heterocycles. The van der Waals surface area contributed by atoms with Gasteiger partial charge in [-0.05, 0) is 59.7 Å². The Balaban J connectivity index is 1.59. The monoisotopic (exact) mass is 548 g/mol. The zero-order chi connectivity index (χ0) is 27.7. The maximum Gasteiger partial charge on any atom is 0.247 e. The molecular formula is C28H28N4O6S. The summed E-state index contributed by atoms with van der Waals surface area (Å²) < 4.78 is 38.5. The van der Waals surface area contributed by atoms with E-state index >= 15 is 0 Å². The normalized spacial score (nSPS) is 11.9. The molecule has 0 fully saturated rings. The minimum Gasteiger partial charge on any atom is -0.497 e. The van der Waals surface area contributed by atoms with E-state index in [0.717, 1.165) is 5.56 Å². The van der Waals surface area contributed by atoms with Crippen LogP contribution in [0.15, 0.2) is 107 Å². The van der Waals surface area contributed by atoms with Crippen LogP contribution in [0.1, 0.15) is 22.9 Å². The number of aromatic nitrogens is 1. The average molecular weight is 549 g/mol. The number of sulfonamides is 1. The first-order chi connectivity index (χ1) is 18.9. The van der Waals surface area contributed by atoms with Gasteiger partial charge >= 0.3 is 0 Å². The number of furan rings is 1. The van der Waals surface area contributed by atoms with Crippen LogP contribution in [0.3, 0.4) is 0 Å². The highest BCUT2D eigenvalue weighted by Gasteiger charge is 2.32. The zero-order valence-electron chi connectivity index (χ0n) is 21.2. The number of benzene rings is 2. The van der Waals surface area contributed by atoms with Crippen molar-refractivity contribution >= 4 is 21.8 Å². The number of carbonyl (C=O) groups is 2. The second-order valence-electron chi connectivity index (χ2n) is 8.49. The van der Waals surface area contributed by atoms with Gasteiger partial charge in [0, 0.05) is 18.9 Å². The third-order valence-electron chi connectivity index (χ3n) is 5.90. The fourth-order valence-electron chi connectivity index (χ4n) is 3.88. The lowest BCUT2D eigenvalue weighted by atomic mass is 10.0. The van der Waals surface area contributed by atoms with Crippen molar-refractivity contribution in [2.24, 2.45) is 0 Å². The molecule has 0 bridgehead atoms.